The number of anilines is 1. The third-order valence-electron chi connectivity index (χ3n) is 4.99. The molecule has 4 rings (SSSR count). The summed E-state index contributed by atoms with van der Waals surface area (Å²) in [5, 5.41) is 11.7. The second-order valence-electron chi connectivity index (χ2n) is 7.34. The lowest BCUT2D eigenvalue weighted by molar-refractivity contribution is 0.521. The number of benzene rings is 2. The summed E-state index contributed by atoms with van der Waals surface area (Å²) in [5.74, 6) is 0.856. The topological polar surface area (TPSA) is 97.9 Å². The van der Waals surface area contributed by atoms with Crippen molar-refractivity contribution in [2.75, 3.05) is 19.4 Å². The number of hydrogen-bond donors (Lipinski definition) is 1. The predicted octanol–water partition coefficient (Wildman–Crippen LogP) is 2.89. The van der Waals surface area contributed by atoms with Crippen LogP contribution in [0.3, 0.4) is 0 Å². The van der Waals surface area contributed by atoms with Gasteiger partial charge >= 0.3 is 0 Å². The lowest BCUT2D eigenvalue weighted by atomic mass is 10.3. The van der Waals surface area contributed by atoms with Gasteiger partial charge in [0.2, 0.25) is 10.0 Å². The third-order valence-corrected chi connectivity index (χ3v) is 6.80. The van der Waals surface area contributed by atoms with Crippen molar-refractivity contribution in [1.82, 2.24) is 28.9 Å². The first-order valence-electron chi connectivity index (χ1n) is 10.0. The number of sulfonamides is 1. The van der Waals surface area contributed by atoms with Crippen LogP contribution in [0.25, 0.3) is 16.7 Å². The van der Waals surface area contributed by atoms with Gasteiger partial charge in [0.1, 0.15) is 5.82 Å². The van der Waals surface area contributed by atoms with E-state index in [-0.39, 0.29) is 4.90 Å². The van der Waals surface area contributed by atoms with Crippen LogP contribution in [0.15, 0.2) is 59.8 Å². The Morgan fingerprint density at radius 2 is 1.74 bits per heavy atom. The highest BCUT2D eigenvalue weighted by molar-refractivity contribution is 7.89. The molecule has 0 aliphatic rings. The lowest BCUT2D eigenvalue weighted by Gasteiger charge is -2.12. The molecule has 162 valence electrons. The molecular formula is C21H25N7O2S. The molecule has 1 N–H and O–H groups in total. The molecule has 2 heterocycles. The Labute approximate surface area is 181 Å². The number of nitrogens with one attached hydrogen (secondary N) is 1. The lowest BCUT2D eigenvalue weighted by Crippen LogP contribution is -2.22. The van der Waals surface area contributed by atoms with Gasteiger partial charge in [-0.25, -0.2) is 17.7 Å². The van der Waals surface area contributed by atoms with Crippen molar-refractivity contribution in [2.24, 2.45) is 0 Å². The summed E-state index contributed by atoms with van der Waals surface area (Å²) in [6, 6.07) is 12.9. The maximum atomic E-state index is 12.5. The number of aromatic nitrogens is 5. The molecule has 2 aromatic carbocycles. The van der Waals surface area contributed by atoms with E-state index < -0.39 is 10.0 Å². The molecule has 0 bridgehead atoms. The molecular weight excluding hydrogens is 414 g/mol. The van der Waals surface area contributed by atoms with Crippen molar-refractivity contribution in [3.63, 3.8) is 0 Å². The van der Waals surface area contributed by atoms with Crippen molar-refractivity contribution in [1.29, 1.82) is 0 Å². The van der Waals surface area contributed by atoms with Gasteiger partial charge in [0.25, 0.3) is 0 Å². The van der Waals surface area contributed by atoms with Gasteiger partial charge in [-0.3, -0.25) is 0 Å². The third kappa shape index (κ3) is 4.17. The zero-order valence-electron chi connectivity index (χ0n) is 17.7. The van der Waals surface area contributed by atoms with E-state index in [0.717, 1.165) is 35.7 Å². The summed E-state index contributed by atoms with van der Waals surface area (Å²) in [4.78, 5) is 6.53. The Kier molecular flexibility index (Phi) is 5.75. The largest absolute Gasteiger partial charge is 0.378 e. The summed E-state index contributed by atoms with van der Waals surface area (Å²) in [5.41, 5.74) is 3.43. The number of rotatable bonds is 8. The molecule has 0 aliphatic heterocycles. The van der Waals surface area contributed by atoms with Gasteiger partial charge in [-0.2, -0.15) is 15.0 Å². The van der Waals surface area contributed by atoms with Crippen molar-refractivity contribution >= 4 is 26.7 Å². The number of nitrogens with zero attached hydrogens (tertiary/aromatic N) is 6. The Morgan fingerprint density at radius 1 is 1.03 bits per heavy atom. The second kappa shape index (κ2) is 8.48. The fourth-order valence-corrected chi connectivity index (χ4v) is 4.30. The molecule has 0 amide bonds. The molecule has 31 heavy (non-hydrogen) atoms. The predicted molar refractivity (Wildman–Crippen MR) is 120 cm³/mol. The average Bonchev–Trinajstić information content (AvgIpc) is 3.41. The summed E-state index contributed by atoms with van der Waals surface area (Å²) in [7, 11) is -0.454. The van der Waals surface area contributed by atoms with Gasteiger partial charge in [0.05, 0.1) is 40.6 Å². The van der Waals surface area contributed by atoms with Gasteiger partial charge in [-0.1, -0.05) is 6.92 Å². The molecule has 4 aromatic rings. The van der Waals surface area contributed by atoms with E-state index >= 15 is 0 Å². The van der Waals surface area contributed by atoms with Gasteiger partial charge < -0.3 is 9.88 Å². The van der Waals surface area contributed by atoms with Gasteiger partial charge in [0, 0.05) is 26.3 Å². The number of hydrogen-bond acceptors (Lipinski definition) is 6. The maximum absolute atomic E-state index is 12.5. The maximum Gasteiger partial charge on any atom is 0.242 e. The van der Waals surface area contributed by atoms with Crippen molar-refractivity contribution in [3.05, 3.63) is 60.7 Å². The average molecular weight is 440 g/mol. The van der Waals surface area contributed by atoms with Crippen LogP contribution in [0.2, 0.25) is 0 Å². The minimum absolute atomic E-state index is 0.244. The van der Waals surface area contributed by atoms with E-state index in [9.17, 15) is 8.42 Å². The highest BCUT2D eigenvalue weighted by atomic mass is 32.2. The Hall–Kier alpha value is -3.24. The minimum atomic E-state index is -3.51. The van der Waals surface area contributed by atoms with Crippen molar-refractivity contribution in [2.45, 2.75) is 31.3 Å². The number of imidazole rings is 1. The van der Waals surface area contributed by atoms with E-state index in [1.807, 2.05) is 30.3 Å². The summed E-state index contributed by atoms with van der Waals surface area (Å²) < 4.78 is 28.3. The first-order valence-corrected chi connectivity index (χ1v) is 11.5. The zero-order valence-corrected chi connectivity index (χ0v) is 18.5. The van der Waals surface area contributed by atoms with Crippen molar-refractivity contribution in [3.8, 4) is 5.69 Å². The van der Waals surface area contributed by atoms with E-state index in [1.165, 1.54) is 18.4 Å². The molecule has 9 nitrogen and oxygen atoms in total. The van der Waals surface area contributed by atoms with E-state index in [1.54, 1.807) is 29.3 Å². The zero-order chi connectivity index (χ0) is 22.0. The quantitative estimate of drug-likeness (QED) is 0.453. The van der Waals surface area contributed by atoms with Crippen LogP contribution in [0.5, 0.6) is 0 Å². The fraction of sp³-hybridized carbons (Fsp3) is 0.286. The molecule has 0 aliphatic carbocycles. The minimum Gasteiger partial charge on any atom is -0.378 e. The van der Waals surface area contributed by atoms with Crippen molar-refractivity contribution < 1.29 is 8.42 Å². The standard InChI is InChI=1S/C21H25N7O2S/c1-4-13-27-20-10-9-18(31(29,30)26(2)3)14-19(20)25-21(27)15-22-16-5-7-17(8-6-16)28-23-11-12-24-28/h5-12,14,22H,4,13,15H2,1-3H3. The first kappa shape index (κ1) is 21.0. The first-order chi connectivity index (χ1) is 14.9. The Balaban J connectivity index is 1.59. The summed E-state index contributed by atoms with van der Waals surface area (Å²) in [6.45, 7) is 3.43. The molecule has 0 saturated heterocycles. The molecule has 0 radical (unpaired) electrons. The van der Waals surface area contributed by atoms with Gasteiger partial charge in [-0.05, 0) is 48.9 Å². The molecule has 0 saturated carbocycles. The number of aryl methyl sites for hydroxylation is 1. The van der Waals surface area contributed by atoms with Gasteiger partial charge in [0.15, 0.2) is 0 Å². The van der Waals surface area contributed by atoms with Crippen LogP contribution in [0, 0.1) is 0 Å². The highest BCUT2D eigenvalue weighted by Crippen LogP contribution is 2.23. The smallest absolute Gasteiger partial charge is 0.242 e. The van der Waals surface area contributed by atoms with Crippen LogP contribution >= 0.6 is 0 Å². The van der Waals surface area contributed by atoms with E-state index in [2.05, 4.69) is 27.0 Å². The summed E-state index contributed by atoms with van der Waals surface area (Å²) in [6.07, 6.45) is 4.22. The van der Waals surface area contributed by atoms with E-state index in [0.29, 0.717) is 12.1 Å². The Morgan fingerprint density at radius 3 is 2.39 bits per heavy atom. The monoisotopic (exact) mass is 439 g/mol. The SMILES string of the molecule is CCCn1c(CNc2ccc(-n3nccn3)cc2)nc2cc(S(=O)(=O)N(C)C)ccc21. The molecule has 0 fully saturated rings. The molecule has 0 spiro atoms. The second-order valence-corrected chi connectivity index (χ2v) is 9.49. The van der Waals surface area contributed by atoms with Crippen LogP contribution in [0.1, 0.15) is 19.2 Å². The molecule has 0 unspecified atom stereocenters. The molecule has 0 atom stereocenters. The molecule has 10 heteroatoms. The van der Waals surface area contributed by atoms with Crippen LogP contribution < -0.4 is 5.32 Å². The highest BCUT2D eigenvalue weighted by Gasteiger charge is 2.19. The molecule has 2 aromatic heterocycles. The number of fused-ring (bicyclic) bond motifs is 1. The van der Waals surface area contributed by atoms with Crippen LogP contribution in [0.4, 0.5) is 5.69 Å². The van der Waals surface area contributed by atoms with Gasteiger partial charge in [-0.15, -0.1) is 0 Å². The van der Waals surface area contributed by atoms with Crippen LogP contribution in [-0.4, -0.2) is 51.4 Å². The van der Waals surface area contributed by atoms with Crippen LogP contribution in [-0.2, 0) is 23.1 Å². The normalized spacial score (nSPS) is 12.0. The fourth-order valence-electron chi connectivity index (χ4n) is 3.38. The Bertz CT molecular complexity index is 1280. The summed E-state index contributed by atoms with van der Waals surface area (Å²) >= 11 is 0. The van der Waals surface area contributed by atoms with E-state index in [4.69, 9.17) is 4.98 Å².